The van der Waals surface area contributed by atoms with Gasteiger partial charge in [-0.25, -0.2) is 0 Å². The third kappa shape index (κ3) is 29.8. The summed E-state index contributed by atoms with van der Waals surface area (Å²) >= 11 is 0. The molecule has 0 aromatic carbocycles. The van der Waals surface area contributed by atoms with Crippen molar-refractivity contribution in [1.29, 1.82) is 0 Å². The second kappa shape index (κ2) is 40.4. The summed E-state index contributed by atoms with van der Waals surface area (Å²) < 4.78 is 11.1. The Labute approximate surface area is 372 Å². The summed E-state index contributed by atoms with van der Waals surface area (Å²) in [4.78, 5) is 13.1. The summed E-state index contributed by atoms with van der Waals surface area (Å²) in [5.74, 6) is -0.704. The van der Waals surface area contributed by atoms with E-state index < -0.39 is 74.2 Å². The molecule has 1 saturated heterocycles. The van der Waals surface area contributed by atoms with Crippen LogP contribution in [0.2, 0.25) is 0 Å². The topological polar surface area (TPSA) is 189 Å². The van der Waals surface area contributed by atoms with Gasteiger partial charge in [-0.1, -0.05) is 206 Å². The number of aliphatic hydroxyl groups excluding tert-OH is 7. The van der Waals surface area contributed by atoms with Crippen molar-refractivity contribution in [3.63, 3.8) is 0 Å². The van der Waals surface area contributed by atoms with Crippen LogP contribution in [0.25, 0.3) is 0 Å². The van der Waals surface area contributed by atoms with Gasteiger partial charge >= 0.3 is 0 Å². The zero-order chi connectivity index (χ0) is 44.8. The number of carbonyl (C=O) groups excluding carboxylic acids is 1. The lowest BCUT2D eigenvalue weighted by Crippen LogP contribution is -2.60. The van der Waals surface area contributed by atoms with E-state index in [0.717, 1.165) is 38.5 Å². The third-order valence-electron chi connectivity index (χ3n) is 12.6. The number of amides is 1. The maximum absolute atomic E-state index is 13.1. The van der Waals surface area contributed by atoms with Crippen molar-refractivity contribution >= 4 is 5.91 Å². The molecule has 0 aliphatic carbocycles. The Morgan fingerprint density at radius 2 is 0.967 bits per heavy atom. The van der Waals surface area contributed by atoms with Gasteiger partial charge in [-0.05, 0) is 38.5 Å². The first-order valence-corrected chi connectivity index (χ1v) is 25.6. The minimum absolute atomic E-state index is 0.258. The van der Waals surface area contributed by atoms with Crippen LogP contribution in [0.4, 0.5) is 0 Å². The van der Waals surface area contributed by atoms with Gasteiger partial charge in [0, 0.05) is 0 Å². The Morgan fingerprint density at radius 1 is 0.557 bits per heavy atom. The zero-order valence-corrected chi connectivity index (χ0v) is 39.2. The lowest BCUT2D eigenvalue weighted by Gasteiger charge is -2.40. The van der Waals surface area contributed by atoms with Gasteiger partial charge in [0.1, 0.15) is 36.6 Å². The first kappa shape index (κ1) is 57.9. The van der Waals surface area contributed by atoms with E-state index in [4.69, 9.17) is 9.47 Å². The van der Waals surface area contributed by atoms with Crippen LogP contribution in [-0.2, 0) is 14.3 Å². The van der Waals surface area contributed by atoms with Gasteiger partial charge in [-0.2, -0.15) is 0 Å². The molecule has 1 aliphatic rings. The summed E-state index contributed by atoms with van der Waals surface area (Å²) in [5.41, 5.74) is 0. The summed E-state index contributed by atoms with van der Waals surface area (Å²) in [6.45, 7) is 3.44. The zero-order valence-electron chi connectivity index (χ0n) is 39.2. The van der Waals surface area contributed by atoms with Gasteiger partial charge in [0.15, 0.2) is 6.29 Å². The molecule has 1 fully saturated rings. The number of nitrogens with one attached hydrogen (secondary N) is 1. The number of carbonyl (C=O) groups is 1. The lowest BCUT2D eigenvalue weighted by molar-refractivity contribution is -0.303. The molecule has 1 heterocycles. The SMILES string of the molecule is CCCCCCCCCCCCCCCCCC/C=C/CCCC(O)C(O)C(COC1OC(CO)C(O)C(O)C1O)NC(=O)C(O)CCCCCCCCCCCCCCC. The van der Waals surface area contributed by atoms with Gasteiger partial charge < -0.3 is 50.5 Å². The van der Waals surface area contributed by atoms with E-state index in [-0.39, 0.29) is 12.8 Å². The van der Waals surface area contributed by atoms with E-state index in [2.05, 4.69) is 31.3 Å². The fourth-order valence-electron chi connectivity index (χ4n) is 8.32. The highest BCUT2D eigenvalue weighted by Crippen LogP contribution is 2.23. The van der Waals surface area contributed by atoms with Crippen molar-refractivity contribution in [3.8, 4) is 0 Å². The molecule has 0 aromatic rings. The van der Waals surface area contributed by atoms with Crippen LogP contribution in [0.1, 0.15) is 232 Å². The van der Waals surface area contributed by atoms with Crippen LogP contribution in [0.3, 0.4) is 0 Å². The maximum Gasteiger partial charge on any atom is 0.249 e. The third-order valence-corrected chi connectivity index (χ3v) is 12.6. The van der Waals surface area contributed by atoms with Gasteiger partial charge in [-0.15, -0.1) is 0 Å². The molecule has 0 bridgehead atoms. The summed E-state index contributed by atoms with van der Waals surface area (Å²) in [6, 6.07) is -1.18. The Hall–Kier alpha value is -1.15. The molecule has 9 atom stereocenters. The molecule has 0 radical (unpaired) electrons. The van der Waals surface area contributed by atoms with Crippen molar-refractivity contribution < 1.29 is 50.0 Å². The minimum Gasteiger partial charge on any atom is -0.394 e. The highest BCUT2D eigenvalue weighted by Gasteiger charge is 2.44. The summed E-state index contributed by atoms with van der Waals surface area (Å²) in [5, 5.41) is 75.8. The molecule has 1 aliphatic heterocycles. The van der Waals surface area contributed by atoms with Crippen LogP contribution in [-0.4, -0.2) is 110 Å². The van der Waals surface area contributed by atoms with E-state index in [0.29, 0.717) is 12.8 Å². The number of unbranched alkanes of at least 4 members (excludes halogenated alkanes) is 29. The Bertz CT molecular complexity index is 1000. The molecular formula is C50H97NO10. The molecule has 1 rings (SSSR count). The molecular weight excluding hydrogens is 775 g/mol. The monoisotopic (exact) mass is 872 g/mol. The quantitative estimate of drug-likeness (QED) is 0.0217. The predicted octanol–water partition coefficient (Wildman–Crippen LogP) is 9.23. The number of rotatable bonds is 43. The predicted molar refractivity (Wildman–Crippen MR) is 247 cm³/mol. The fourth-order valence-corrected chi connectivity index (χ4v) is 8.32. The van der Waals surface area contributed by atoms with Gasteiger partial charge in [0.2, 0.25) is 5.91 Å². The molecule has 8 N–H and O–H groups in total. The lowest BCUT2D eigenvalue weighted by atomic mass is 9.98. The van der Waals surface area contributed by atoms with Crippen molar-refractivity contribution in [2.45, 2.75) is 287 Å². The Kier molecular flexibility index (Phi) is 38.3. The summed E-state index contributed by atoms with van der Waals surface area (Å²) in [7, 11) is 0. The van der Waals surface area contributed by atoms with E-state index in [1.54, 1.807) is 0 Å². The maximum atomic E-state index is 13.1. The van der Waals surface area contributed by atoms with E-state index in [1.807, 2.05) is 0 Å². The average molecular weight is 872 g/mol. The van der Waals surface area contributed by atoms with Crippen LogP contribution in [0.15, 0.2) is 12.2 Å². The molecule has 362 valence electrons. The average Bonchev–Trinajstić information content (AvgIpc) is 3.26. The molecule has 11 heteroatoms. The molecule has 11 nitrogen and oxygen atoms in total. The molecule has 9 unspecified atom stereocenters. The van der Waals surface area contributed by atoms with Crippen molar-refractivity contribution in [3.05, 3.63) is 12.2 Å². The van der Waals surface area contributed by atoms with E-state index >= 15 is 0 Å². The number of aliphatic hydroxyl groups is 7. The molecule has 61 heavy (non-hydrogen) atoms. The smallest absolute Gasteiger partial charge is 0.249 e. The van der Waals surface area contributed by atoms with Gasteiger partial charge in [-0.3, -0.25) is 4.79 Å². The largest absolute Gasteiger partial charge is 0.394 e. The minimum atomic E-state index is -1.66. The van der Waals surface area contributed by atoms with Gasteiger partial charge in [0.05, 0.1) is 25.4 Å². The molecule has 0 aromatic heterocycles. The second-order valence-corrected chi connectivity index (χ2v) is 18.2. The fraction of sp³-hybridized carbons (Fsp3) is 0.940. The number of allylic oxidation sites excluding steroid dienone is 2. The van der Waals surface area contributed by atoms with Crippen molar-refractivity contribution in [2.24, 2.45) is 0 Å². The number of ether oxygens (including phenoxy) is 2. The first-order chi connectivity index (χ1) is 29.7. The molecule has 0 saturated carbocycles. The number of hydrogen-bond acceptors (Lipinski definition) is 10. The second-order valence-electron chi connectivity index (χ2n) is 18.2. The Balaban J connectivity index is 2.39. The van der Waals surface area contributed by atoms with Gasteiger partial charge in [0.25, 0.3) is 0 Å². The van der Waals surface area contributed by atoms with Crippen LogP contribution in [0, 0.1) is 0 Å². The normalized spacial score (nSPS) is 21.5. The standard InChI is InChI=1S/C50H97NO10/c1-3-5-7-9-11-13-15-17-18-19-20-21-22-23-24-26-27-29-31-33-35-37-42(53)45(55)41(40-60-50-48(58)47(57)46(56)44(39-52)61-50)51-49(59)43(54)38-36-34-32-30-28-25-16-14-12-10-8-6-4-2/h29,31,41-48,50,52-58H,3-28,30,32-40H2,1-2H3,(H,51,59)/b31-29+. The highest BCUT2D eigenvalue weighted by atomic mass is 16.7. The molecule has 0 spiro atoms. The molecule has 1 amide bonds. The van der Waals surface area contributed by atoms with Crippen molar-refractivity contribution in [1.82, 2.24) is 5.32 Å². The van der Waals surface area contributed by atoms with E-state index in [1.165, 1.54) is 154 Å². The Morgan fingerprint density at radius 3 is 1.41 bits per heavy atom. The van der Waals surface area contributed by atoms with Crippen LogP contribution < -0.4 is 5.32 Å². The number of hydrogen-bond donors (Lipinski definition) is 8. The van der Waals surface area contributed by atoms with Crippen LogP contribution >= 0.6 is 0 Å². The van der Waals surface area contributed by atoms with E-state index in [9.17, 15) is 40.5 Å². The van der Waals surface area contributed by atoms with Crippen molar-refractivity contribution in [2.75, 3.05) is 13.2 Å². The van der Waals surface area contributed by atoms with Crippen LogP contribution in [0.5, 0.6) is 0 Å². The first-order valence-electron chi connectivity index (χ1n) is 25.6. The summed E-state index contributed by atoms with van der Waals surface area (Å²) in [6.07, 6.45) is 32.7. The highest BCUT2D eigenvalue weighted by molar-refractivity contribution is 5.80.